The van der Waals surface area contributed by atoms with Crippen molar-refractivity contribution in [3.8, 4) is 0 Å². The van der Waals surface area contributed by atoms with Crippen molar-refractivity contribution in [1.29, 1.82) is 0 Å². The van der Waals surface area contributed by atoms with Gasteiger partial charge in [0.25, 0.3) is 0 Å². The van der Waals surface area contributed by atoms with Gasteiger partial charge in [0, 0.05) is 40.0 Å². The van der Waals surface area contributed by atoms with Crippen LogP contribution in [0.15, 0.2) is 4.99 Å². The molecule has 6 heteroatoms. The van der Waals surface area contributed by atoms with Crippen LogP contribution in [0.2, 0.25) is 0 Å². The van der Waals surface area contributed by atoms with Gasteiger partial charge in [0.1, 0.15) is 0 Å². The van der Waals surface area contributed by atoms with Gasteiger partial charge in [-0.15, -0.1) is 0 Å². The lowest BCUT2D eigenvalue weighted by Crippen LogP contribution is -2.38. The fourth-order valence-electron chi connectivity index (χ4n) is 2.53. The monoisotopic (exact) mass is 329 g/mol. The Morgan fingerprint density at radius 2 is 1.87 bits per heavy atom. The molecule has 0 heterocycles. The van der Waals surface area contributed by atoms with Crippen LogP contribution in [-0.2, 0) is 14.2 Å². The number of nitrogens with zero attached hydrogens (tertiary/aromatic N) is 1. The largest absolute Gasteiger partial charge is 0.382 e. The number of nitrogens with one attached hydrogen (secondary N) is 2. The zero-order chi connectivity index (χ0) is 16.6. The molecule has 0 atom stereocenters. The van der Waals surface area contributed by atoms with Crippen molar-refractivity contribution in [2.45, 2.75) is 51.6 Å². The molecule has 0 aromatic carbocycles. The molecule has 0 aromatic rings. The van der Waals surface area contributed by atoms with Crippen LogP contribution in [0, 0.1) is 0 Å². The van der Waals surface area contributed by atoms with Gasteiger partial charge in [-0.2, -0.15) is 0 Å². The molecule has 1 fully saturated rings. The van der Waals surface area contributed by atoms with E-state index in [1.807, 2.05) is 0 Å². The standard InChI is InChI=1S/C17H35N3O3/c1-3-18-17(19-10-6-12-22-15-14-21-2)20-11-7-13-23-16-8-4-5-9-16/h16H,3-15H2,1-2H3,(H2,18,19,20). The molecule has 2 N–H and O–H groups in total. The predicted molar refractivity (Wildman–Crippen MR) is 94.1 cm³/mol. The zero-order valence-corrected chi connectivity index (χ0v) is 14.9. The summed E-state index contributed by atoms with van der Waals surface area (Å²) in [5, 5.41) is 6.62. The summed E-state index contributed by atoms with van der Waals surface area (Å²) in [5.74, 6) is 0.880. The quantitative estimate of drug-likeness (QED) is 0.307. The van der Waals surface area contributed by atoms with Crippen molar-refractivity contribution < 1.29 is 14.2 Å². The second kappa shape index (κ2) is 14.7. The third-order valence-electron chi connectivity index (χ3n) is 3.76. The topological polar surface area (TPSA) is 64.1 Å². The van der Waals surface area contributed by atoms with E-state index in [0.29, 0.717) is 19.3 Å². The highest BCUT2D eigenvalue weighted by molar-refractivity contribution is 5.79. The van der Waals surface area contributed by atoms with E-state index >= 15 is 0 Å². The summed E-state index contributed by atoms with van der Waals surface area (Å²) in [6.07, 6.45) is 7.58. The molecule has 0 aliphatic heterocycles. The van der Waals surface area contributed by atoms with E-state index in [-0.39, 0.29) is 0 Å². The van der Waals surface area contributed by atoms with Gasteiger partial charge in [-0.1, -0.05) is 12.8 Å². The molecule has 6 nitrogen and oxygen atoms in total. The lowest BCUT2D eigenvalue weighted by Gasteiger charge is -2.13. The number of hydrogen-bond acceptors (Lipinski definition) is 4. The van der Waals surface area contributed by atoms with Crippen molar-refractivity contribution in [2.75, 3.05) is 53.2 Å². The highest BCUT2D eigenvalue weighted by atomic mass is 16.5. The van der Waals surface area contributed by atoms with Gasteiger partial charge < -0.3 is 24.8 Å². The van der Waals surface area contributed by atoms with Crippen LogP contribution < -0.4 is 10.6 Å². The van der Waals surface area contributed by atoms with Crippen molar-refractivity contribution in [3.05, 3.63) is 0 Å². The minimum atomic E-state index is 0.509. The Hall–Kier alpha value is -0.850. The molecule has 0 saturated heterocycles. The van der Waals surface area contributed by atoms with Crippen molar-refractivity contribution >= 4 is 5.96 Å². The maximum absolute atomic E-state index is 5.86. The van der Waals surface area contributed by atoms with Crippen LogP contribution in [0.3, 0.4) is 0 Å². The first-order valence-corrected chi connectivity index (χ1v) is 9.07. The molecule has 0 radical (unpaired) electrons. The van der Waals surface area contributed by atoms with E-state index in [2.05, 4.69) is 22.5 Å². The molecule has 23 heavy (non-hydrogen) atoms. The molecule has 1 saturated carbocycles. The fourth-order valence-corrected chi connectivity index (χ4v) is 2.53. The molecule has 1 aliphatic rings. The van der Waals surface area contributed by atoms with Crippen molar-refractivity contribution in [3.63, 3.8) is 0 Å². The van der Waals surface area contributed by atoms with Gasteiger partial charge in [0.15, 0.2) is 5.96 Å². The van der Waals surface area contributed by atoms with Gasteiger partial charge >= 0.3 is 0 Å². The normalized spacial score (nSPS) is 16.0. The Labute approximate surface area is 141 Å². The highest BCUT2D eigenvalue weighted by Gasteiger charge is 2.14. The minimum Gasteiger partial charge on any atom is -0.382 e. The van der Waals surface area contributed by atoms with Crippen LogP contribution in [0.25, 0.3) is 0 Å². The Morgan fingerprint density at radius 1 is 1.04 bits per heavy atom. The smallest absolute Gasteiger partial charge is 0.191 e. The average Bonchev–Trinajstić information content (AvgIpc) is 3.07. The summed E-state index contributed by atoms with van der Waals surface area (Å²) in [4.78, 5) is 4.55. The lowest BCUT2D eigenvalue weighted by atomic mass is 10.3. The number of methoxy groups -OCH3 is 1. The second-order valence-corrected chi connectivity index (χ2v) is 5.78. The Balaban J connectivity index is 2.01. The van der Waals surface area contributed by atoms with Gasteiger partial charge in [0.05, 0.1) is 19.3 Å². The van der Waals surface area contributed by atoms with Gasteiger partial charge in [-0.25, -0.2) is 0 Å². The average molecular weight is 329 g/mol. The number of guanidine groups is 1. The molecule has 1 rings (SSSR count). The summed E-state index contributed by atoms with van der Waals surface area (Å²) in [6.45, 7) is 7.47. The van der Waals surface area contributed by atoms with E-state index in [4.69, 9.17) is 14.2 Å². The molecule has 136 valence electrons. The molecule has 0 amide bonds. The molecule has 0 aromatic heterocycles. The Kier molecular flexibility index (Phi) is 12.9. The van der Waals surface area contributed by atoms with E-state index in [9.17, 15) is 0 Å². The minimum absolute atomic E-state index is 0.509. The van der Waals surface area contributed by atoms with Crippen LogP contribution >= 0.6 is 0 Å². The summed E-state index contributed by atoms with van der Waals surface area (Å²) >= 11 is 0. The van der Waals surface area contributed by atoms with Crippen LogP contribution in [0.4, 0.5) is 0 Å². The van der Waals surface area contributed by atoms with Crippen molar-refractivity contribution in [2.24, 2.45) is 4.99 Å². The zero-order valence-electron chi connectivity index (χ0n) is 14.9. The van der Waals surface area contributed by atoms with Crippen LogP contribution in [0.5, 0.6) is 0 Å². The van der Waals surface area contributed by atoms with E-state index < -0.39 is 0 Å². The fraction of sp³-hybridized carbons (Fsp3) is 0.941. The Bertz CT molecular complexity index is 295. The van der Waals surface area contributed by atoms with Gasteiger partial charge in [-0.3, -0.25) is 4.99 Å². The first-order chi connectivity index (χ1) is 11.4. The van der Waals surface area contributed by atoms with Gasteiger partial charge in [-0.05, 0) is 32.6 Å². The van der Waals surface area contributed by atoms with Crippen LogP contribution in [-0.4, -0.2) is 65.2 Å². The third-order valence-corrected chi connectivity index (χ3v) is 3.76. The lowest BCUT2D eigenvalue weighted by molar-refractivity contribution is 0.0574. The maximum atomic E-state index is 5.86. The molecule has 0 unspecified atom stereocenters. The first-order valence-electron chi connectivity index (χ1n) is 9.07. The molecule has 0 bridgehead atoms. The molecule has 1 aliphatic carbocycles. The summed E-state index contributed by atoms with van der Waals surface area (Å²) in [7, 11) is 1.68. The highest BCUT2D eigenvalue weighted by Crippen LogP contribution is 2.20. The summed E-state index contributed by atoms with van der Waals surface area (Å²) < 4.78 is 16.2. The first kappa shape index (κ1) is 20.2. The molecule has 0 spiro atoms. The maximum Gasteiger partial charge on any atom is 0.191 e. The van der Waals surface area contributed by atoms with Gasteiger partial charge in [0.2, 0.25) is 0 Å². The number of rotatable bonds is 13. The van der Waals surface area contributed by atoms with E-state index in [0.717, 1.165) is 51.6 Å². The second-order valence-electron chi connectivity index (χ2n) is 5.78. The number of hydrogen-bond donors (Lipinski definition) is 2. The SMILES string of the molecule is CCNC(=NCCCOCCOC)NCCCOC1CCCC1. The summed E-state index contributed by atoms with van der Waals surface area (Å²) in [6, 6.07) is 0. The van der Waals surface area contributed by atoms with E-state index in [1.54, 1.807) is 7.11 Å². The summed E-state index contributed by atoms with van der Waals surface area (Å²) in [5.41, 5.74) is 0. The third kappa shape index (κ3) is 11.3. The van der Waals surface area contributed by atoms with Crippen molar-refractivity contribution in [1.82, 2.24) is 10.6 Å². The van der Waals surface area contributed by atoms with Crippen LogP contribution in [0.1, 0.15) is 45.4 Å². The Morgan fingerprint density at radius 3 is 2.61 bits per heavy atom. The molecular formula is C17H35N3O3. The van der Waals surface area contributed by atoms with E-state index in [1.165, 1.54) is 25.7 Å². The number of ether oxygens (including phenoxy) is 3. The predicted octanol–water partition coefficient (Wildman–Crippen LogP) is 1.94. The number of aliphatic imine (C=N–C) groups is 1. The molecular weight excluding hydrogens is 294 g/mol.